The first-order valence-corrected chi connectivity index (χ1v) is 8.58. The Morgan fingerprint density at radius 2 is 1.58 bits per heavy atom. The Kier molecular flexibility index (Phi) is 8.53. The van der Waals surface area contributed by atoms with Crippen LogP contribution >= 0.6 is 0 Å². The Morgan fingerprint density at radius 3 is 2.04 bits per heavy atom. The maximum atomic E-state index is 12.3. The number of esters is 1. The highest BCUT2D eigenvalue weighted by molar-refractivity contribution is 5.89. The van der Waals surface area contributed by atoms with Gasteiger partial charge in [-0.1, -0.05) is 26.7 Å². The highest BCUT2D eigenvalue weighted by Crippen LogP contribution is 2.20. The first-order chi connectivity index (χ1) is 12.3. The summed E-state index contributed by atoms with van der Waals surface area (Å²) in [6.07, 6.45) is -0.637. The Morgan fingerprint density at radius 1 is 1.04 bits per heavy atom. The average Bonchev–Trinajstić information content (AvgIpc) is 2.83. The number of cyclic esters (lactones) is 1. The number of nitrogens with zero attached hydrogens (tertiary/aromatic N) is 2. The molecule has 0 radical (unpaired) electrons. The van der Waals surface area contributed by atoms with Gasteiger partial charge in [0.15, 0.2) is 0 Å². The van der Waals surface area contributed by atoms with Crippen molar-refractivity contribution in [1.82, 2.24) is 9.80 Å². The molecular formula is C16H26N2O8. The number of rotatable bonds is 10. The predicted octanol–water partition coefficient (Wildman–Crippen LogP) is 2.22. The van der Waals surface area contributed by atoms with Gasteiger partial charge in [-0.2, -0.15) is 0 Å². The van der Waals surface area contributed by atoms with Crippen LogP contribution in [0.25, 0.3) is 0 Å². The third kappa shape index (κ3) is 6.01. The van der Waals surface area contributed by atoms with Gasteiger partial charge in [0.05, 0.1) is 0 Å². The number of carbonyl (C=O) groups is 3. The summed E-state index contributed by atoms with van der Waals surface area (Å²) >= 11 is 0. The molecule has 3 N–H and O–H groups in total. The third-order valence-corrected chi connectivity index (χ3v) is 3.81. The molecule has 0 bridgehead atoms. The van der Waals surface area contributed by atoms with Gasteiger partial charge in [-0.15, -0.1) is 0 Å². The van der Waals surface area contributed by atoms with Gasteiger partial charge in [0.2, 0.25) is 11.5 Å². The normalized spacial score (nSPS) is 16.4. The SMILES string of the molecule is CCCCN(CCN(CCCC)C(=O)OC1OC(=O)C(O)=C1O)C(=O)O. The molecule has 2 amide bonds. The Balaban J connectivity index is 2.68. The summed E-state index contributed by atoms with van der Waals surface area (Å²) in [5, 5.41) is 28.0. The van der Waals surface area contributed by atoms with E-state index in [9.17, 15) is 29.7 Å². The molecule has 0 saturated heterocycles. The summed E-state index contributed by atoms with van der Waals surface area (Å²) in [7, 11) is 0. The van der Waals surface area contributed by atoms with Crippen LogP contribution in [-0.2, 0) is 14.3 Å². The number of hydrogen-bond donors (Lipinski definition) is 3. The smallest absolute Gasteiger partial charge is 0.413 e. The number of hydrogen-bond acceptors (Lipinski definition) is 7. The monoisotopic (exact) mass is 374 g/mol. The molecule has 1 aliphatic rings. The van der Waals surface area contributed by atoms with E-state index in [1.165, 1.54) is 9.80 Å². The molecule has 1 atom stereocenters. The van der Waals surface area contributed by atoms with Crippen molar-refractivity contribution in [3.05, 3.63) is 11.5 Å². The number of amides is 2. The fourth-order valence-electron chi connectivity index (χ4n) is 2.21. The highest BCUT2D eigenvalue weighted by atomic mass is 16.7. The quantitative estimate of drug-likeness (QED) is 0.495. The lowest BCUT2D eigenvalue weighted by Crippen LogP contribution is -2.42. The van der Waals surface area contributed by atoms with E-state index in [1.807, 2.05) is 13.8 Å². The van der Waals surface area contributed by atoms with Gasteiger partial charge in [-0.05, 0) is 12.8 Å². The molecule has 0 fully saturated rings. The molecule has 0 saturated carbocycles. The number of unbranched alkanes of at least 4 members (excludes halogenated alkanes) is 2. The van der Waals surface area contributed by atoms with Crippen LogP contribution in [-0.4, -0.2) is 75.7 Å². The average molecular weight is 374 g/mol. The molecule has 10 nitrogen and oxygen atoms in total. The second kappa shape index (κ2) is 10.4. The lowest BCUT2D eigenvalue weighted by molar-refractivity contribution is -0.157. The third-order valence-electron chi connectivity index (χ3n) is 3.81. The summed E-state index contributed by atoms with van der Waals surface area (Å²) in [4.78, 5) is 37.2. The minimum atomic E-state index is -1.70. The first kappa shape index (κ1) is 21.4. The van der Waals surface area contributed by atoms with Crippen molar-refractivity contribution in [2.45, 2.75) is 45.8 Å². The maximum absolute atomic E-state index is 12.3. The molecule has 10 heteroatoms. The fourth-order valence-corrected chi connectivity index (χ4v) is 2.21. The van der Waals surface area contributed by atoms with Gasteiger partial charge in [0, 0.05) is 26.2 Å². The summed E-state index contributed by atoms with van der Waals surface area (Å²) in [6, 6.07) is 0. The van der Waals surface area contributed by atoms with Crippen LogP contribution in [0.4, 0.5) is 9.59 Å². The lowest BCUT2D eigenvalue weighted by Gasteiger charge is -2.26. The van der Waals surface area contributed by atoms with E-state index < -0.39 is 36.0 Å². The second-order valence-electron chi connectivity index (χ2n) is 5.82. The largest absolute Gasteiger partial charge is 0.503 e. The Bertz CT molecular complexity index is 548. The van der Waals surface area contributed by atoms with Crippen LogP contribution in [0.5, 0.6) is 0 Å². The van der Waals surface area contributed by atoms with Crippen molar-refractivity contribution in [1.29, 1.82) is 0 Å². The Hall–Kier alpha value is -2.65. The van der Waals surface area contributed by atoms with Crippen LogP contribution in [0.15, 0.2) is 11.5 Å². The molecule has 0 aromatic heterocycles. The van der Waals surface area contributed by atoms with Crippen molar-refractivity contribution in [3.8, 4) is 0 Å². The van der Waals surface area contributed by atoms with Crippen molar-refractivity contribution in [3.63, 3.8) is 0 Å². The summed E-state index contributed by atoms with van der Waals surface area (Å²) < 4.78 is 9.45. The van der Waals surface area contributed by atoms with Gasteiger partial charge < -0.3 is 34.6 Å². The number of carbonyl (C=O) groups excluding carboxylic acids is 2. The molecule has 1 heterocycles. The summed E-state index contributed by atoms with van der Waals surface area (Å²) in [6.45, 7) is 4.74. The maximum Gasteiger partial charge on any atom is 0.413 e. The summed E-state index contributed by atoms with van der Waals surface area (Å²) in [5.74, 6) is -3.05. The summed E-state index contributed by atoms with van der Waals surface area (Å²) in [5.41, 5.74) is 0. The zero-order chi connectivity index (χ0) is 19.7. The molecule has 0 aromatic rings. The van der Waals surface area contributed by atoms with E-state index in [4.69, 9.17) is 4.74 Å². The molecular weight excluding hydrogens is 348 g/mol. The van der Waals surface area contributed by atoms with Crippen molar-refractivity contribution >= 4 is 18.2 Å². The van der Waals surface area contributed by atoms with Crippen LogP contribution in [0.2, 0.25) is 0 Å². The molecule has 0 aliphatic carbocycles. The molecule has 0 spiro atoms. The standard InChI is InChI=1S/C16H26N2O8/c1-3-5-7-17(15(22)23)9-10-18(8-6-4-2)16(24)26-14-12(20)11(19)13(21)25-14/h14,19-20H,3-10H2,1-2H3,(H,22,23). The van der Waals surface area contributed by atoms with Crippen molar-refractivity contribution in [2.75, 3.05) is 26.2 Å². The van der Waals surface area contributed by atoms with Crippen molar-refractivity contribution < 1.29 is 39.2 Å². The minimum Gasteiger partial charge on any atom is -0.503 e. The van der Waals surface area contributed by atoms with E-state index in [1.54, 1.807) is 0 Å². The van der Waals surface area contributed by atoms with E-state index in [-0.39, 0.29) is 13.1 Å². The molecule has 26 heavy (non-hydrogen) atoms. The highest BCUT2D eigenvalue weighted by Gasteiger charge is 2.38. The minimum absolute atomic E-state index is 0.0893. The van der Waals surface area contributed by atoms with Crippen LogP contribution < -0.4 is 0 Å². The predicted molar refractivity (Wildman–Crippen MR) is 89.6 cm³/mol. The van der Waals surface area contributed by atoms with E-state index in [0.29, 0.717) is 25.9 Å². The van der Waals surface area contributed by atoms with Gasteiger partial charge in [0.25, 0.3) is 0 Å². The molecule has 148 valence electrons. The number of ether oxygens (including phenoxy) is 2. The van der Waals surface area contributed by atoms with Crippen LogP contribution in [0, 0.1) is 0 Å². The molecule has 1 unspecified atom stereocenters. The number of carboxylic acid groups (broad SMARTS) is 1. The van der Waals surface area contributed by atoms with Gasteiger partial charge >= 0.3 is 24.4 Å². The Labute approximate surface area is 151 Å². The van der Waals surface area contributed by atoms with E-state index in [2.05, 4.69) is 4.74 Å². The van der Waals surface area contributed by atoms with Crippen LogP contribution in [0.3, 0.4) is 0 Å². The first-order valence-electron chi connectivity index (χ1n) is 8.58. The van der Waals surface area contributed by atoms with E-state index in [0.717, 1.165) is 12.8 Å². The zero-order valence-corrected chi connectivity index (χ0v) is 15.0. The van der Waals surface area contributed by atoms with Gasteiger partial charge in [-0.3, -0.25) is 0 Å². The zero-order valence-electron chi connectivity index (χ0n) is 15.0. The topological polar surface area (TPSA) is 137 Å². The van der Waals surface area contributed by atoms with Gasteiger partial charge in [0.1, 0.15) is 0 Å². The molecule has 1 rings (SSSR count). The molecule has 1 aliphatic heterocycles. The molecule has 0 aromatic carbocycles. The van der Waals surface area contributed by atoms with Gasteiger partial charge in [-0.25, -0.2) is 14.4 Å². The van der Waals surface area contributed by atoms with Crippen LogP contribution in [0.1, 0.15) is 39.5 Å². The van der Waals surface area contributed by atoms with E-state index >= 15 is 0 Å². The number of aliphatic hydroxyl groups is 2. The lowest BCUT2D eigenvalue weighted by atomic mass is 10.3. The van der Waals surface area contributed by atoms with Crippen molar-refractivity contribution in [2.24, 2.45) is 0 Å². The number of aliphatic hydroxyl groups excluding tert-OH is 2. The second-order valence-corrected chi connectivity index (χ2v) is 5.82. The fraction of sp³-hybridized carbons (Fsp3) is 0.688.